The first kappa shape index (κ1) is 19.1. The first-order valence-electron chi connectivity index (χ1n) is 8.11. The van der Waals surface area contributed by atoms with Gasteiger partial charge in [-0.05, 0) is 24.3 Å². The highest BCUT2D eigenvalue weighted by Gasteiger charge is 2.19. The van der Waals surface area contributed by atoms with Crippen LogP contribution in [0, 0.1) is 11.6 Å². The van der Waals surface area contributed by atoms with E-state index in [-0.39, 0.29) is 35.3 Å². The van der Waals surface area contributed by atoms with Crippen LogP contribution >= 0.6 is 0 Å². The molecular weight excluding hydrogens is 374 g/mol. The van der Waals surface area contributed by atoms with Crippen molar-refractivity contribution in [2.24, 2.45) is 7.05 Å². The smallest absolute Gasteiger partial charge is 0.291 e. The van der Waals surface area contributed by atoms with Crippen molar-refractivity contribution < 1.29 is 27.5 Å². The molecule has 0 saturated heterocycles. The third-order valence-corrected chi connectivity index (χ3v) is 3.67. The van der Waals surface area contributed by atoms with E-state index in [0.29, 0.717) is 6.07 Å². The number of carbonyl (C=O) groups is 2. The Morgan fingerprint density at radius 3 is 2.71 bits per heavy atom. The summed E-state index contributed by atoms with van der Waals surface area (Å²) in [6, 6.07) is 5.82. The van der Waals surface area contributed by atoms with Crippen LogP contribution < -0.4 is 15.4 Å². The van der Waals surface area contributed by atoms with E-state index >= 15 is 0 Å². The van der Waals surface area contributed by atoms with Crippen LogP contribution in [0.2, 0.25) is 0 Å². The fourth-order valence-electron chi connectivity index (χ4n) is 2.37. The molecule has 0 saturated carbocycles. The van der Waals surface area contributed by atoms with Crippen LogP contribution in [0.5, 0.6) is 5.75 Å². The molecular formula is C18H16F2N4O4. The van der Waals surface area contributed by atoms with Gasteiger partial charge in [-0.15, -0.1) is 0 Å². The molecule has 0 fully saturated rings. The highest BCUT2D eigenvalue weighted by Crippen LogP contribution is 2.20. The van der Waals surface area contributed by atoms with Crippen molar-refractivity contribution in [2.45, 2.75) is 6.61 Å². The first-order valence-corrected chi connectivity index (χ1v) is 8.11. The normalized spacial score (nSPS) is 10.6. The third kappa shape index (κ3) is 4.17. The van der Waals surface area contributed by atoms with E-state index in [2.05, 4.69) is 15.7 Å². The Balaban J connectivity index is 1.67. The lowest BCUT2D eigenvalue weighted by molar-refractivity contribution is 0.0958. The molecule has 10 heteroatoms. The molecule has 0 radical (unpaired) electrons. The molecule has 146 valence electrons. The number of nitrogens with one attached hydrogen (secondary N) is 2. The average Bonchev–Trinajstić information content (AvgIpc) is 3.27. The van der Waals surface area contributed by atoms with E-state index in [1.165, 1.54) is 30.1 Å². The summed E-state index contributed by atoms with van der Waals surface area (Å²) in [5.74, 6) is -2.54. The fourth-order valence-corrected chi connectivity index (χ4v) is 2.37. The number of benzene rings is 1. The molecule has 0 aliphatic heterocycles. The van der Waals surface area contributed by atoms with Crippen molar-refractivity contribution in [1.82, 2.24) is 15.1 Å². The second-order valence-electron chi connectivity index (χ2n) is 5.73. The van der Waals surface area contributed by atoms with Gasteiger partial charge in [0.2, 0.25) is 0 Å². The lowest BCUT2D eigenvalue weighted by atomic mass is 10.3. The van der Waals surface area contributed by atoms with Gasteiger partial charge in [0.05, 0.1) is 5.69 Å². The number of ether oxygens (including phenoxy) is 1. The zero-order valence-corrected chi connectivity index (χ0v) is 15.0. The number of anilines is 1. The Bertz CT molecular complexity index is 1030. The second-order valence-corrected chi connectivity index (χ2v) is 5.73. The standard InChI is InChI=1S/C18H16F2N4O4/c1-21-18(26)16-13(8-24(2)23-16)22-17(25)15-6-4-11(28-15)9-27-14-5-3-10(19)7-12(14)20/h3-8H,9H2,1-2H3,(H,21,26)(H,22,25). The largest absolute Gasteiger partial charge is 0.483 e. The molecule has 8 nitrogen and oxygen atoms in total. The van der Waals surface area contributed by atoms with Crippen molar-refractivity contribution in [1.29, 1.82) is 0 Å². The first-order chi connectivity index (χ1) is 13.4. The van der Waals surface area contributed by atoms with E-state index < -0.39 is 23.4 Å². The van der Waals surface area contributed by atoms with E-state index in [1.807, 2.05) is 0 Å². The molecule has 0 aliphatic rings. The fraction of sp³-hybridized carbons (Fsp3) is 0.167. The van der Waals surface area contributed by atoms with Crippen molar-refractivity contribution in [3.05, 3.63) is 65.4 Å². The highest BCUT2D eigenvalue weighted by atomic mass is 19.1. The maximum absolute atomic E-state index is 13.6. The monoisotopic (exact) mass is 390 g/mol. The predicted molar refractivity (Wildman–Crippen MR) is 93.9 cm³/mol. The van der Waals surface area contributed by atoms with Crippen molar-refractivity contribution in [3.8, 4) is 5.75 Å². The Kier molecular flexibility index (Phi) is 5.39. The lowest BCUT2D eigenvalue weighted by Gasteiger charge is -2.05. The van der Waals surface area contributed by atoms with Crippen molar-refractivity contribution in [3.63, 3.8) is 0 Å². The molecule has 2 N–H and O–H groups in total. The van der Waals surface area contributed by atoms with Gasteiger partial charge in [-0.1, -0.05) is 0 Å². The van der Waals surface area contributed by atoms with Gasteiger partial charge < -0.3 is 19.8 Å². The van der Waals surface area contributed by atoms with Crippen LogP contribution in [-0.2, 0) is 13.7 Å². The van der Waals surface area contributed by atoms with Gasteiger partial charge in [0.1, 0.15) is 18.2 Å². The van der Waals surface area contributed by atoms with Gasteiger partial charge in [0.15, 0.2) is 23.0 Å². The molecule has 1 aromatic carbocycles. The number of amides is 2. The summed E-state index contributed by atoms with van der Waals surface area (Å²) < 4.78 is 38.4. The van der Waals surface area contributed by atoms with E-state index in [4.69, 9.17) is 9.15 Å². The molecule has 2 amide bonds. The van der Waals surface area contributed by atoms with Crippen LogP contribution in [-0.4, -0.2) is 28.6 Å². The topological polar surface area (TPSA) is 98.4 Å². The molecule has 28 heavy (non-hydrogen) atoms. The minimum atomic E-state index is -0.845. The number of hydrogen-bond donors (Lipinski definition) is 2. The molecule has 3 rings (SSSR count). The number of rotatable bonds is 6. The number of carbonyl (C=O) groups excluding carboxylic acids is 2. The van der Waals surface area contributed by atoms with Crippen LogP contribution in [0.3, 0.4) is 0 Å². The maximum atomic E-state index is 13.6. The van der Waals surface area contributed by atoms with E-state index in [9.17, 15) is 18.4 Å². The lowest BCUT2D eigenvalue weighted by Crippen LogP contribution is -2.21. The summed E-state index contributed by atoms with van der Waals surface area (Å²) in [7, 11) is 3.06. The average molecular weight is 390 g/mol. The summed E-state index contributed by atoms with van der Waals surface area (Å²) in [6.45, 7) is -0.161. The molecule has 0 spiro atoms. The van der Waals surface area contributed by atoms with Gasteiger partial charge in [-0.25, -0.2) is 8.78 Å². The number of furan rings is 1. The quantitative estimate of drug-likeness (QED) is 0.674. The summed E-state index contributed by atoms with van der Waals surface area (Å²) in [4.78, 5) is 24.2. The maximum Gasteiger partial charge on any atom is 0.291 e. The predicted octanol–water partition coefficient (Wildman–Crippen LogP) is 2.48. The molecule has 0 aliphatic carbocycles. The molecule has 2 aromatic heterocycles. The molecule has 2 heterocycles. The van der Waals surface area contributed by atoms with Gasteiger partial charge in [-0.3, -0.25) is 14.3 Å². The number of hydrogen-bond acceptors (Lipinski definition) is 5. The highest BCUT2D eigenvalue weighted by molar-refractivity contribution is 6.06. The Labute approximate surface area is 158 Å². The number of aromatic nitrogens is 2. The van der Waals surface area contributed by atoms with Crippen molar-refractivity contribution in [2.75, 3.05) is 12.4 Å². The Morgan fingerprint density at radius 1 is 1.21 bits per heavy atom. The summed E-state index contributed by atoms with van der Waals surface area (Å²) in [5, 5.41) is 8.97. The number of aryl methyl sites for hydroxylation is 1. The zero-order chi connectivity index (χ0) is 20.3. The van der Waals surface area contributed by atoms with Gasteiger partial charge in [0.25, 0.3) is 11.8 Å². The Hall–Kier alpha value is -3.69. The summed E-state index contributed by atoms with van der Waals surface area (Å²) in [6.07, 6.45) is 1.48. The van der Waals surface area contributed by atoms with Gasteiger partial charge in [-0.2, -0.15) is 5.10 Å². The van der Waals surface area contributed by atoms with Gasteiger partial charge >= 0.3 is 0 Å². The molecule has 0 atom stereocenters. The molecule has 0 unspecified atom stereocenters. The van der Waals surface area contributed by atoms with Crippen LogP contribution in [0.15, 0.2) is 40.9 Å². The second kappa shape index (κ2) is 7.91. The summed E-state index contributed by atoms with van der Waals surface area (Å²) >= 11 is 0. The number of halogens is 2. The van der Waals surface area contributed by atoms with Crippen LogP contribution in [0.1, 0.15) is 26.8 Å². The van der Waals surface area contributed by atoms with E-state index in [1.54, 1.807) is 7.05 Å². The SMILES string of the molecule is CNC(=O)c1nn(C)cc1NC(=O)c1ccc(COc2ccc(F)cc2F)o1. The van der Waals surface area contributed by atoms with E-state index in [0.717, 1.165) is 12.1 Å². The minimum Gasteiger partial charge on any atom is -0.483 e. The van der Waals surface area contributed by atoms with Gasteiger partial charge in [0, 0.05) is 26.4 Å². The van der Waals surface area contributed by atoms with Crippen LogP contribution in [0.25, 0.3) is 0 Å². The summed E-state index contributed by atoms with van der Waals surface area (Å²) in [5.41, 5.74) is 0.273. The van der Waals surface area contributed by atoms with Crippen LogP contribution in [0.4, 0.5) is 14.5 Å². The molecule has 3 aromatic rings. The Morgan fingerprint density at radius 2 is 2.00 bits per heavy atom. The molecule has 0 bridgehead atoms. The van der Waals surface area contributed by atoms with Crippen molar-refractivity contribution >= 4 is 17.5 Å². The number of nitrogens with zero attached hydrogens (tertiary/aromatic N) is 2. The zero-order valence-electron chi connectivity index (χ0n) is 15.0. The third-order valence-electron chi connectivity index (χ3n) is 3.67. The minimum absolute atomic E-state index is 0.0371.